The van der Waals surface area contributed by atoms with Crippen LogP contribution in [0.3, 0.4) is 0 Å². The predicted octanol–water partition coefficient (Wildman–Crippen LogP) is 5.04. The van der Waals surface area contributed by atoms with E-state index in [4.69, 9.17) is 11.5 Å². The monoisotopic (exact) mass is 312 g/mol. The number of thiophene rings is 1. The van der Waals surface area contributed by atoms with Gasteiger partial charge in [-0.15, -0.1) is 11.3 Å². The van der Waals surface area contributed by atoms with Crippen molar-refractivity contribution in [1.29, 1.82) is 0 Å². The smallest absolute Gasteiger partial charge is 0.0559 e. The molecule has 0 bridgehead atoms. The Labute approximate surface area is 132 Å². The van der Waals surface area contributed by atoms with E-state index in [9.17, 15) is 0 Å². The molecule has 0 unspecified atom stereocenters. The Morgan fingerprint density at radius 2 is 1.57 bits per heavy atom. The van der Waals surface area contributed by atoms with Gasteiger partial charge in [-0.05, 0) is 59.8 Å². The number of rotatable bonds is 3. The summed E-state index contributed by atoms with van der Waals surface area (Å²) in [6, 6.07) is 16.6. The molecular weight excluding hydrogens is 296 g/mol. The number of benzene rings is 2. The van der Waals surface area contributed by atoms with Crippen molar-refractivity contribution in [2.24, 2.45) is 0 Å². The van der Waals surface area contributed by atoms with Gasteiger partial charge < -0.3 is 11.5 Å². The molecule has 0 radical (unpaired) electrons. The Bertz CT molecular complexity index is 761. The van der Waals surface area contributed by atoms with Crippen LogP contribution in [0.25, 0.3) is 10.4 Å². The van der Waals surface area contributed by atoms with Crippen molar-refractivity contribution in [1.82, 2.24) is 0 Å². The van der Waals surface area contributed by atoms with Crippen LogP contribution in [0.15, 0.2) is 63.7 Å². The molecule has 3 aromatic rings. The van der Waals surface area contributed by atoms with E-state index in [1.807, 2.05) is 18.2 Å². The molecule has 1 heterocycles. The van der Waals surface area contributed by atoms with Gasteiger partial charge in [0.05, 0.1) is 11.4 Å². The van der Waals surface area contributed by atoms with Crippen LogP contribution in [-0.4, -0.2) is 0 Å². The van der Waals surface area contributed by atoms with Crippen molar-refractivity contribution in [2.75, 3.05) is 11.5 Å². The Morgan fingerprint density at radius 1 is 0.857 bits per heavy atom. The standard InChI is InChI=1S/C17H16N2S2/c1-11-8-17(20-10-11)12-2-4-13(5-3-12)21-14-6-7-15(18)16(19)9-14/h2-10H,18-19H2,1H3. The molecule has 2 nitrogen and oxygen atoms in total. The van der Waals surface area contributed by atoms with Crippen LogP contribution in [0, 0.1) is 6.92 Å². The Balaban J connectivity index is 1.79. The van der Waals surface area contributed by atoms with Gasteiger partial charge in [-0.25, -0.2) is 0 Å². The lowest BCUT2D eigenvalue weighted by Crippen LogP contribution is -1.93. The lowest BCUT2D eigenvalue weighted by Gasteiger charge is -2.05. The maximum Gasteiger partial charge on any atom is 0.0559 e. The molecular formula is C17H16N2S2. The second-order valence-electron chi connectivity index (χ2n) is 4.91. The molecule has 0 spiro atoms. The van der Waals surface area contributed by atoms with Crippen LogP contribution >= 0.6 is 23.1 Å². The van der Waals surface area contributed by atoms with Crippen LogP contribution in [-0.2, 0) is 0 Å². The number of hydrogen-bond acceptors (Lipinski definition) is 4. The second kappa shape index (κ2) is 5.84. The van der Waals surface area contributed by atoms with Crippen LogP contribution in [0.1, 0.15) is 5.56 Å². The summed E-state index contributed by atoms with van der Waals surface area (Å²) in [5, 5.41) is 2.18. The molecule has 0 aliphatic rings. The van der Waals surface area contributed by atoms with E-state index in [-0.39, 0.29) is 0 Å². The zero-order chi connectivity index (χ0) is 14.8. The van der Waals surface area contributed by atoms with E-state index in [0.29, 0.717) is 11.4 Å². The zero-order valence-corrected chi connectivity index (χ0v) is 13.3. The van der Waals surface area contributed by atoms with Gasteiger partial charge in [-0.3, -0.25) is 0 Å². The maximum atomic E-state index is 5.84. The molecule has 1 aromatic heterocycles. The molecule has 0 saturated carbocycles. The molecule has 0 saturated heterocycles. The number of aryl methyl sites for hydroxylation is 1. The molecule has 0 aliphatic heterocycles. The highest BCUT2D eigenvalue weighted by molar-refractivity contribution is 7.99. The average molecular weight is 312 g/mol. The highest BCUT2D eigenvalue weighted by atomic mass is 32.2. The quantitative estimate of drug-likeness (QED) is 0.666. The minimum atomic E-state index is 0.628. The fraction of sp³-hybridized carbons (Fsp3) is 0.0588. The maximum absolute atomic E-state index is 5.84. The van der Waals surface area contributed by atoms with Crippen molar-refractivity contribution in [3.63, 3.8) is 0 Å². The van der Waals surface area contributed by atoms with E-state index < -0.39 is 0 Å². The molecule has 0 fully saturated rings. The van der Waals surface area contributed by atoms with Gasteiger partial charge in [0.15, 0.2) is 0 Å². The summed E-state index contributed by atoms with van der Waals surface area (Å²) in [6.07, 6.45) is 0. The normalized spacial score (nSPS) is 10.7. The number of anilines is 2. The van der Waals surface area contributed by atoms with Crippen LogP contribution < -0.4 is 11.5 Å². The first-order chi connectivity index (χ1) is 10.1. The highest BCUT2D eigenvalue weighted by Gasteiger charge is 2.03. The molecule has 0 aliphatic carbocycles. The highest BCUT2D eigenvalue weighted by Crippen LogP contribution is 2.33. The first kappa shape index (κ1) is 14.0. The van der Waals surface area contributed by atoms with Gasteiger partial charge in [0, 0.05) is 14.7 Å². The minimum Gasteiger partial charge on any atom is -0.397 e. The Hall–Kier alpha value is -1.91. The van der Waals surface area contributed by atoms with Crippen LogP contribution in [0.5, 0.6) is 0 Å². The molecule has 3 rings (SSSR count). The van der Waals surface area contributed by atoms with Gasteiger partial charge in [0.25, 0.3) is 0 Å². The van der Waals surface area contributed by atoms with E-state index in [1.54, 1.807) is 23.1 Å². The largest absolute Gasteiger partial charge is 0.397 e. The topological polar surface area (TPSA) is 52.0 Å². The van der Waals surface area contributed by atoms with Crippen LogP contribution in [0.2, 0.25) is 0 Å². The van der Waals surface area contributed by atoms with Crippen molar-refractivity contribution < 1.29 is 0 Å². The van der Waals surface area contributed by atoms with Crippen molar-refractivity contribution in [2.45, 2.75) is 16.7 Å². The minimum absolute atomic E-state index is 0.628. The fourth-order valence-corrected chi connectivity index (χ4v) is 3.80. The summed E-state index contributed by atoms with van der Waals surface area (Å²) >= 11 is 3.47. The average Bonchev–Trinajstić information content (AvgIpc) is 2.90. The Morgan fingerprint density at radius 3 is 2.19 bits per heavy atom. The van der Waals surface area contributed by atoms with Crippen molar-refractivity contribution >= 4 is 34.5 Å². The predicted molar refractivity (Wildman–Crippen MR) is 93.9 cm³/mol. The number of hydrogen-bond donors (Lipinski definition) is 2. The Kier molecular flexibility index (Phi) is 3.90. The second-order valence-corrected chi connectivity index (χ2v) is 6.96. The molecule has 4 N–H and O–H groups in total. The molecule has 4 heteroatoms. The SMILES string of the molecule is Cc1csc(-c2ccc(Sc3ccc(N)c(N)c3)cc2)c1. The molecule has 0 amide bonds. The number of nitrogen functional groups attached to an aromatic ring is 2. The van der Waals surface area contributed by atoms with E-state index in [2.05, 4.69) is 42.6 Å². The summed E-state index contributed by atoms with van der Waals surface area (Å²) in [7, 11) is 0. The summed E-state index contributed by atoms with van der Waals surface area (Å²) in [6.45, 7) is 2.12. The van der Waals surface area contributed by atoms with Gasteiger partial charge in [0.1, 0.15) is 0 Å². The van der Waals surface area contributed by atoms with Gasteiger partial charge in [-0.2, -0.15) is 0 Å². The van der Waals surface area contributed by atoms with E-state index in [1.165, 1.54) is 20.9 Å². The van der Waals surface area contributed by atoms with Crippen LogP contribution in [0.4, 0.5) is 11.4 Å². The van der Waals surface area contributed by atoms with Gasteiger partial charge >= 0.3 is 0 Å². The third-order valence-corrected chi connectivity index (χ3v) is 5.26. The van der Waals surface area contributed by atoms with Gasteiger partial charge in [-0.1, -0.05) is 23.9 Å². The molecule has 21 heavy (non-hydrogen) atoms. The van der Waals surface area contributed by atoms with E-state index >= 15 is 0 Å². The molecule has 2 aromatic carbocycles. The molecule has 106 valence electrons. The molecule has 0 atom stereocenters. The first-order valence-electron chi connectivity index (χ1n) is 6.60. The summed E-state index contributed by atoms with van der Waals surface area (Å²) in [5.74, 6) is 0. The zero-order valence-electron chi connectivity index (χ0n) is 11.7. The first-order valence-corrected chi connectivity index (χ1v) is 8.30. The summed E-state index contributed by atoms with van der Waals surface area (Å²) < 4.78 is 0. The summed E-state index contributed by atoms with van der Waals surface area (Å²) in [4.78, 5) is 3.60. The van der Waals surface area contributed by atoms with Crippen molar-refractivity contribution in [3.05, 3.63) is 59.5 Å². The third kappa shape index (κ3) is 3.23. The summed E-state index contributed by atoms with van der Waals surface area (Å²) in [5.41, 5.74) is 15.4. The van der Waals surface area contributed by atoms with Gasteiger partial charge in [0.2, 0.25) is 0 Å². The number of nitrogens with two attached hydrogens (primary N) is 2. The fourth-order valence-electron chi connectivity index (χ4n) is 2.02. The lowest BCUT2D eigenvalue weighted by molar-refractivity contribution is 1.41. The lowest BCUT2D eigenvalue weighted by atomic mass is 10.2. The third-order valence-electron chi connectivity index (χ3n) is 3.16. The van der Waals surface area contributed by atoms with E-state index in [0.717, 1.165) is 4.90 Å². The van der Waals surface area contributed by atoms with Crippen molar-refractivity contribution in [3.8, 4) is 10.4 Å².